The number of ether oxygens (including phenoxy) is 4. The lowest BCUT2D eigenvalue weighted by atomic mass is 9.97. The third-order valence-corrected chi connectivity index (χ3v) is 7.17. The van der Waals surface area contributed by atoms with Crippen molar-refractivity contribution in [3.05, 3.63) is 114 Å². The van der Waals surface area contributed by atoms with Crippen molar-refractivity contribution in [3.63, 3.8) is 0 Å². The second-order valence-corrected chi connectivity index (χ2v) is 10.4. The molecule has 0 aliphatic rings. The normalized spacial score (nSPS) is 12.0. The molecule has 0 fully saturated rings. The van der Waals surface area contributed by atoms with Crippen molar-refractivity contribution in [2.45, 2.75) is 38.7 Å². The lowest BCUT2D eigenvalue weighted by Gasteiger charge is -2.16. The number of hydrogen-bond donors (Lipinski definition) is 1. The van der Waals surface area contributed by atoms with Crippen LogP contribution in [0, 0.1) is 0 Å². The predicted molar refractivity (Wildman–Crippen MR) is 180 cm³/mol. The van der Waals surface area contributed by atoms with Gasteiger partial charge in [0.25, 0.3) is 0 Å². The molecule has 0 aliphatic carbocycles. The van der Waals surface area contributed by atoms with E-state index in [-0.39, 0.29) is 5.97 Å². The maximum atomic E-state index is 11.0. The molecule has 4 rings (SSSR count). The standard InChI is InChI=1S/C37H40N2O7/c1-4-36(40)45-21-9-7-6-8-20-44-33-17-15-29(16-18-33)37(46-41)32-14-13-30-22-27(10-12-31(30)24-32)25-38-39-26-28-11-19-34(42-3)35(23-28)43-5-2/h4,10-19,22-26,37,41H,1,5-9,20-21H2,2-3H3/b38-25-,39-26-. The van der Waals surface area contributed by atoms with E-state index in [1.165, 1.54) is 6.08 Å². The summed E-state index contributed by atoms with van der Waals surface area (Å²) in [5, 5.41) is 20.2. The van der Waals surface area contributed by atoms with Crippen molar-refractivity contribution >= 4 is 29.2 Å². The molecule has 4 aromatic carbocycles. The Morgan fingerprint density at radius 3 is 2.13 bits per heavy atom. The monoisotopic (exact) mass is 624 g/mol. The van der Waals surface area contributed by atoms with E-state index in [1.54, 1.807) is 19.5 Å². The highest BCUT2D eigenvalue weighted by Crippen LogP contribution is 2.30. The topological polar surface area (TPSA) is 108 Å². The number of carbonyl (C=O) groups is 1. The Morgan fingerprint density at radius 1 is 0.783 bits per heavy atom. The van der Waals surface area contributed by atoms with Gasteiger partial charge in [-0.1, -0.05) is 43.0 Å². The minimum absolute atomic E-state index is 0.386. The highest BCUT2D eigenvalue weighted by atomic mass is 17.1. The van der Waals surface area contributed by atoms with Gasteiger partial charge in [-0.05, 0) is 108 Å². The number of methoxy groups -OCH3 is 1. The van der Waals surface area contributed by atoms with Gasteiger partial charge < -0.3 is 18.9 Å². The maximum absolute atomic E-state index is 11.0. The van der Waals surface area contributed by atoms with Gasteiger partial charge in [0, 0.05) is 6.08 Å². The summed E-state index contributed by atoms with van der Waals surface area (Å²) in [5.41, 5.74) is 3.38. The lowest BCUT2D eigenvalue weighted by molar-refractivity contribution is -0.270. The number of rotatable bonds is 18. The van der Waals surface area contributed by atoms with Gasteiger partial charge in [-0.3, -0.25) is 5.26 Å². The molecular formula is C37H40N2O7. The molecule has 0 heterocycles. The summed E-state index contributed by atoms with van der Waals surface area (Å²) in [4.78, 5) is 15.9. The van der Waals surface area contributed by atoms with Crippen molar-refractivity contribution in [2.75, 3.05) is 26.9 Å². The molecule has 0 aromatic heterocycles. The Bertz CT molecular complexity index is 1630. The second-order valence-electron chi connectivity index (χ2n) is 10.4. The number of fused-ring (bicyclic) bond motifs is 1. The molecule has 0 radical (unpaired) electrons. The highest BCUT2D eigenvalue weighted by Gasteiger charge is 2.16. The fraction of sp³-hybridized carbons (Fsp3) is 0.270. The van der Waals surface area contributed by atoms with E-state index >= 15 is 0 Å². The SMILES string of the molecule is C=CC(=O)OCCCCCCOc1ccc(C(OO)c2ccc3cc(/C=N\N=C/c4ccc(OC)c(OCC)c4)ccc3c2)cc1. The molecule has 0 amide bonds. The van der Waals surface area contributed by atoms with Crippen molar-refractivity contribution in [2.24, 2.45) is 10.2 Å². The fourth-order valence-electron chi connectivity index (χ4n) is 4.80. The van der Waals surface area contributed by atoms with Crippen LogP contribution >= 0.6 is 0 Å². The van der Waals surface area contributed by atoms with Crippen molar-refractivity contribution < 1.29 is 33.9 Å². The smallest absolute Gasteiger partial charge is 0.330 e. The highest BCUT2D eigenvalue weighted by molar-refractivity contribution is 5.91. The Kier molecular flexibility index (Phi) is 13.3. The first-order chi connectivity index (χ1) is 22.5. The summed E-state index contributed by atoms with van der Waals surface area (Å²) in [6, 6.07) is 25.0. The van der Waals surface area contributed by atoms with Crippen LogP contribution in [0.4, 0.5) is 0 Å². The summed E-state index contributed by atoms with van der Waals surface area (Å²) in [5.74, 6) is 1.69. The maximum Gasteiger partial charge on any atom is 0.330 e. The van der Waals surface area contributed by atoms with Crippen LogP contribution in [0.2, 0.25) is 0 Å². The van der Waals surface area contributed by atoms with Gasteiger partial charge in [-0.2, -0.15) is 10.2 Å². The Morgan fingerprint density at radius 2 is 1.43 bits per heavy atom. The summed E-state index contributed by atoms with van der Waals surface area (Å²) in [6.07, 6.45) is 7.54. The molecule has 0 aliphatic heterocycles. The summed E-state index contributed by atoms with van der Waals surface area (Å²) in [7, 11) is 1.61. The number of benzene rings is 4. The molecule has 0 bridgehead atoms. The Hall–Kier alpha value is -4.99. The largest absolute Gasteiger partial charge is 0.494 e. The number of carbonyl (C=O) groups excluding carboxylic acids is 1. The molecule has 4 aromatic rings. The first-order valence-electron chi connectivity index (χ1n) is 15.3. The molecule has 9 nitrogen and oxygen atoms in total. The van der Waals surface area contributed by atoms with Crippen molar-refractivity contribution in [1.29, 1.82) is 0 Å². The van der Waals surface area contributed by atoms with Crippen molar-refractivity contribution in [3.8, 4) is 17.2 Å². The molecule has 1 atom stereocenters. The van der Waals surface area contributed by atoms with Gasteiger partial charge >= 0.3 is 5.97 Å². The first kappa shape index (κ1) is 33.9. The van der Waals surface area contributed by atoms with Crippen LogP contribution in [0.5, 0.6) is 17.2 Å². The van der Waals surface area contributed by atoms with E-state index in [9.17, 15) is 10.1 Å². The summed E-state index contributed by atoms with van der Waals surface area (Å²) < 4.78 is 21.8. The van der Waals surface area contributed by atoms with E-state index in [0.29, 0.717) is 31.3 Å². The molecule has 0 saturated carbocycles. The number of hydrogen-bond acceptors (Lipinski definition) is 9. The van der Waals surface area contributed by atoms with E-state index < -0.39 is 6.10 Å². The Labute approximate surface area is 269 Å². The third kappa shape index (κ3) is 10.0. The van der Waals surface area contributed by atoms with Gasteiger partial charge in [0.2, 0.25) is 0 Å². The predicted octanol–water partition coefficient (Wildman–Crippen LogP) is 7.95. The second kappa shape index (κ2) is 18.1. The van der Waals surface area contributed by atoms with Crippen LogP contribution in [0.15, 0.2) is 102 Å². The molecule has 240 valence electrons. The quantitative estimate of drug-likeness (QED) is 0.0299. The zero-order valence-electron chi connectivity index (χ0n) is 26.3. The average molecular weight is 625 g/mol. The summed E-state index contributed by atoms with van der Waals surface area (Å²) in [6.45, 7) is 6.84. The Balaban J connectivity index is 1.30. The van der Waals surface area contributed by atoms with Crippen LogP contribution in [0.3, 0.4) is 0 Å². The molecule has 1 unspecified atom stereocenters. The van der Waals surface area contributed by atoms with E-state index in [0.717, 1.165) is 64.5 Å². The van der Waals surface area contributed by atoms with E-state index in [1.807, 2.05) is 85.8 Å². The number of esters is 1. The zero-order valence-corrected chi connectivity index (χ0v) is 26.3. The lowest BCUT2D eigenvalue weighted by Crippen LogP contribution is -2.04. The zero-order chi connectivity index (χ0) is 32.6. The van der Waals surface area contributed by atoms with Gasteiger partial charge in [0.05, 0.1) is 39.4 Å². The molecule has 1 N–H and O–H groups in total. The molecule has 46 heavy (non-hydrogen) atoms. The number of unbranched alkanes of at least 4 members (excludes halogenated alkanes) is 3. The first-order valence-corrected chi connectivity index (χ1v) is 15.3. The van der Waals surface area contributed by atoms with Crippen LogP contribution in [0.25, 0.3) is 10.8 Å². The van der Waals surface area contributed by atoms with Crippen LogP contribution in [-0.4, -0.2) is 50.6 Å². The minimum atomic E-state index is -0.648. The average Bonchev–Trinajstić information content (AvgIpc) is 3.09. The van der Waals surface area contributed by atoms with Gasteiger partial charge in [-0.15, -0.1) is 0 Å². The van der Waals surface area contributed by atoms with Gasteiger partial charge in [0.1, 0.15) is 11.9 Å². The van der Waals surface area contributed by atoms with Gasteiger partial charge in [-0.25, -0.2) is 9.68 Å². The minimum Gasteiger partial charge on any atom is -0.494 e. The summed E-state index contributed by atoms with van der Waals surface area (Å²) >= 11 is 0. The van der Waals surface area contributed by atoms with Crippen LogP contribution in [0.1, 0.15) is 61.0 Å². The van der Waals surface area contributed by atoms with Crippen LogP contribution < -0.4 is 14.2 Å². The molecular weight excluding hydrogens is 584 g/mol. The molecule has 9 heteroatoms. The molecule has 0 saturated heterocycles. The fourth-order valence-corrected chi connectivity index (χ4v) is 4.80. The molecule has 0 spiro atoms. The third-order valence-electron chi connectivity index (χ3n) is 7.17. The van der Waals surface area contributed by atoms with Crippen molar-refractivity contribution in [1.82, 2.24) is 0 Å². The van der Waals surface area contributed by atoms with E-state index in [2.05, 4.69) is 16.8 Å². The van der Waals surface area contributed by atoms with Gasteiger partial charge in [0.15, 0.2) is 11.5 Å². The van der Waals surface area contributed by atoms with Crippen LogP contribution in [-0.2, 0) is 14.4 Å². The number of nitrogens with zero attached hydrogens (tertiary/aromatic N) is 2. The van der Waals surface area contributed by atoms with E-state index in [4.69, 9.17) is 23.8 Å².